The van der Waals surface area contributed by atoms with Crippen LogP contribution in [-0.2, 0) is 0 Å². The third-order valence-electron chi connectivity index (χ3n) is 1.54. The lowest BCUT2D eigenvalue weighted by Crippen LogP contribution is -1.93. The summed E-state index contributed by atoms with van der Waals surface area (Å²) >= 11 is 3.12. The minimum Gasteiger partial charge on any atom is -0.357 e. The zero-order valence-corrected chi connectivity index (χ0v) is 9.05. The number of benzene rings is 1. The Morgan fingerprint density at radius 3 is 2.60 bits per heavy atom. The van der Waals surface area contributed by atoms with E-state index >= 15 is 0 Å². The van der Waals surface area contributed by atoms with E-state index in [4.69, 9.17) is 10.5 Å². The first-order valence-corrected chi connectivity index (χ1v) is 4.68. The van der Waals surface area contributed by atoms with Crippen molar-refractivity contribution in [3.8, 4) is 12.1 Å². The Balaban J connectivity index is 2.89. The number of rotatable bonds is 2. The van der Waals surface area contributed by atoms with Crippen LogP contribution < -0.4 is 5.32 Å². The molecule has 1 aromatic rings. The van der Waals surface area contributed by atoms with E-state index in [2.05, 4.69) is 21.2 Å². The molecule has 0 saturated heterocycles. The van der Waals surface area contributed by atoms with Crippen molar-refractivity contribution in [2.45, 2.75) is 0 Å². The predicted molar refractivity (Wildman–Crippen MR) is 57.0 cm³/mol. The van der Waals surface area contributed by atoms with E-state index in [0.717, 1.165) is 6.20 Å². The molecule has 1 N–H and O–H groups in total. The highest BCUT2D eigenvalue weighted by atomic mass is 79.9. The summed E-state index contributed by atoms with van der Waals surface area (Å²) in [6, 6.07) is 7.76. The SMILES string of the molecule is N#CC(C#N)=CNc1ccc(Br)cc1F. The molecular formula is C10H5BrFN3. The van der Waals surface area contributed by atoms with Crippen LogP contribution in [0.1, 0.15) is 0 Å². The fraction of sp³-hybridized carbons (Fsp3) is 0. The number of anilines is 1. The summed E-state index contributed by atoms with van der Waals surface area (Å²) in [6.07, 6.45) is 1.16. The molecule has 15 heavy (non-hydrogen) atoms. The molecule has 74 valence electrons. The van der Waals surface area contributed by atoms with E-state index in [1.165, 1.54) is 12.1 Å². The molecule has 0 aromatic heterocycles. The van der Waals surface area contributed by atoms with Gasteiger partial charge in [0.1, 0.15) is 23.5 Å². The van der Waals surface area contributed by atoms with E-state index in [9.17, 15) is 4.39 Å². The van der Waals surface area contributed by atoms with Crippen LogP contribution in [0.5, 0.6) is 0 Å². The molecule has 5 heteroatoms. The van der Waals surface area contributed by atoms with Gasteiger partial charge in [-0.2, -0.15) is 10.5 Å². The second-order valence-corrected chi connectivity index (χ2v) is 3.47. The van der Waals surface area contributed by atoms with E-state index in [1.807, 2.05) is 0 Å². The zero-order valence-electron chi connectivity index (χ0n) is 7.46. The molecule has 0 heterocycles. The van der Waals surface area contributed by atoms with Gasteiger partial charge in [0.15, 0.2) is 0 Å². The zero-order chi connectivity index (χ0) is 11.3. The highest BCUT2D eigenvalue weighted by Crippen LogP contribution is 2.19. The number of nitriles is 2. The van der Waals surface area contributed by atoms with Crippen molar-refractivity contribution in [2.75, 3.05) is 5.32 Å². The molecule has 0 bridgehead atoms. The molecule has 0 aliphatic rings. The first kappa shape index (κ1) is 11.2. The molecule has 0 unspecified atom stereocenters. The van der Waals surface area contributed by atoms with Crippen LogP contribution >= 0.6 is 15.9 Å². The van der Waals surface area contributed by atoms with Crippen molar-refractivity contribution in [1.82, 2.24) is 0 Å². The highest BCUT2D eigenvalue weighted by Gasteiger charge is 2.00. The second-order valence-electron chi connectivity index (χ2n) is 2.55. The monoisotopic (exact) mass is 265 g/mol. The Morgan fingerprint density at radius 2 is 2.07 bits per heavy atom. The molecule has 1 aromatic carbocycles. The first-order valence-electron chi connectivity index (χ1n) is 3.89. The lowest BCUT2D eigenvalue weighted by molar-refractivity contribution is 0.631. The van der Waals surface area contributed by atoms with Crippen molar-refractivity contribution >= 4 is 21.6 Å². The quantitative estimate of drug-likeness (QED) is 0.837. The van der Waals surface area contributed by atoms with Gasteiger partial charge in [-0.1, -0.05) is 15.9 Å². The van der Waals surface area contributed by atoms with Gasteiger partial charge >= 0.3 is 0 Å². The second kappa shape index (κ2) is 5.14. The molecule has 0 spiro atoms. The van der Waals surface area contributed by atoms with Gasteiger partial charge in [0.2, 0.25) is 0 Å². The van der Waals surface area contributed by atoms with Crippen LogP contribution in [0.3, 0.4) is 0 Å². The van der Waals surface area contributed by atoms with Gasteiger partial charge < -0.3 is 5.32 Å². The molecule has 0 amide bonds. The molecule has 0 aliphatic heterocycles. The van der Waals surface area contributed by atoms with Crippen LogP contribution in [0.2, 0.25) is 0 Å². The fourth-order valence-corrected chi connectivity index (χ4v) is 1.18. The third kappa shape index (κ3) is 3.08. The van der Waals surface area contributed by atoms with Crippen LogP contribution in [-0.4, -0.2) is 0 Å². The summed E-state index contributed by atoms with van der Waals surface area (Å²) in [4.78, 5) is 0. The van der Waals surface area contributed by atoms with Crippen LogP contribution in [0.25, 0.3) is 0 Å². The van der Waals surface area contributed by atoms with Gasteiger partial charge in [-0.3, -0.25) is 0 Å². The average molecular weight is 266 g/mol. The van der Waals surface area contributed by atoms with Gasteiger partial charge in [-0.05, 0) is 18.2 Å². The normalized spacial score (nSPS) is 8.53. The molecular weight excluding hydrogens is 261 g/mol. The summed E-state index contributed by atoms with van der Waals surface area (Å²) in [5.74, 6) is -0.462. The van der Waals surface area contributed by atoms with Crippen LogP contribution in [0.15, 0.2) is 34.4 Å². The van der Waals surface area contributed by atoms with Gasteiger partial charge in [-0.25, -0.2) is 4.39 Å². The topological polar surface area (TPSA) is 59.6 Å². The molecule has 1 rings (SSSR count). The van der Waals surface area contributed by atoms with Gasteiger partial charge in [0.25, 0.3) is 0 Å². The Hall–Kier alpha value is -1.85. The number of nitrogens with zero attached hydrogens (tertiary/aromatic N) is 2. The Kier molecular flexibility index (Phi) is 3.84. The van der Waals surface area contributed by atoms with Crippen LogP contribution in [0, 0.1) is 28.5 Å². The smallest absolute Gasteiger partial charge is 0.147 e. The number of hydrogen-bond acceptors (Lipinski definition) is 3. The van der Waals surface area contributed by atoms with Gasteiger partial charge in [-0.15, -0.1) is 0 Å². The summed E-state index contributed by atoms with van der Waals surface area (Å²) in [6.45, 7) is 0. The largest absolute Gasteiger partial charge is 0.357 e. The number of hydrogen-bond donors (Lipinski definition) is 1. The van der Waals surface area contributed by atoms with E-state index in [-0.39, 0.29) is 11.3 Å². The van der Waals surface area contributed by atoms with Crippen molar-refractivity contribution in [2.24, 2.45) is 0 Å². The minimum atomic E-state index is -0.462. The molecule has 3 nitrogen and oxygen atoms in total. The molecule has 0 aliphatic carbocycles. The van der Waals surface area contributed by atoms with E-state index in [1.54, 1.807) is 18.2 Å². The van der Waals surface area contributed by atoms with Crippen molar-refractivity contribution in [1.29, 1.82) is 10.5 Å². The first-order chi connectivity index (χ1) is 7.17. The van der Waals surface area contributed by atoms with Gasteiger partial charge in [0, 0.05) is 10.7 Å². The Morgan fingerprint density at radius 1 is 1.40 bits per heavy atom. The summed E-state index contributed by atoms with van der Waals surface area (Å²) in [5, 5.41) is 19.4. The van der Waals surface area contributed by atoms with Crippen LogP contribution in [0.4, 0.5) is 10.1 Å². The van der Waals surface area contributed by atoms with Crippen molar-refractivity contribution in [3.63, 3.8) is 0 Å². The van der Waals surface area contributed by atoms with Crippen molar-refractivity contribution < 1.29 is 4.39 Å². The Bertz CT molecular complexity index is 466. The minimum absolute atomic E-state index is 0.114. The van der Waals surface area contributed by atoms with Crippen molar-refractivity contribution in [3.05, 3.63) is 40.3 Å². The summed E-state index contributed by atoms with van der Waals surface area (Å²) in [5.41, 5.74) is 0.0959. The van der Waals surface area contributed by atoms with E-state index < -0.39 is 5.82 Å². The highest BCUT2D eigenvalue weighted by molar-refractivity contribution is 9.10. The number of halogens is 2. The maximum absolute atomic E-state index is 13.2. The predicted octanol–water partition coefficient (Wildman–Crippen LogP) is 2.93. The Labute approximate surface area is 94.6 Å². The maximum Gasteiger partial charge on any atom is 0.147 e. The average Bonchev–Trinajstić information content (AvgIpc) is 2.22. The maximum atomic E-state index is 13.2. The van der Waals surface area contributed by atoms with E-state index in [0.29, 0.717) is 4.47 Å². The number of allylic oxidation sites excluding steroid dienone is 1. The summed E-state index contributed by atoms with van der Waals surface area (Å²) in [7, 11) is 0. The number of nitrogens with one attached hydrogen (secondary N) is 1. The lowest BCUT2D eigenvalue weighted by atomic mass is 10.3. The lowest BCUT2D eigenvalue weighted by Gasteiger charge is -2.02. The molecule has 0 fully saturated rings. The summed E-state index contributed by atoms with van der Waals surface area (Å²) < 4.78 is 13.8. The fourth-order valence-electron chi connectivity index (χ4n) is 0.846. The molecule has 0 radical (unpaired) electrons. The molecule has 0 atom stereocenters. The molecule has 0 saturated carbocycles. The van der Waals surface area contributed by atoms with Gasteiger partial charge in [0.05, 0.1) is 5.69 Å². The third-order valence-corrected chi connectivity index (χ3v) is 2.04. The standard InChI is InChI=1S/C10H5BrFN3/c11-8-1-2-10(9(12)3-8)15-6-7(4-13)5-14/h1-3,6,15H.